The predicted molar refractivity (Wildman–Crippen MR) is 74.2 cm³/mol. The van der Waals surface area contributed by atoms with Crippen molar-refractivity contribution in [3.8, 4) is 0 Å². The van der Waals surface area contributed by atoms with Gasteiger partial charge in [-0.05, 0) is 31.9 Å². The SMILES string of the molecule is CNC1C(=O)N(C/C=C/C=NC=N)CCCC1C. The Balaban J connectivity index is 2.58. The van der Waals surface area contributed by atoms with E-state index in [1.165, 1.54) is 0 Å². The van der Waals surface area contributed by atoms with Gasteiger partial charge in [-0.15, -0.1) is 0 Å². The van der Waals surface area contributed by atoms with Crippen molar-refractivity contribution in [3.05, 3.63) is 12.2 Å². The molecule has 2 N–H and O–H groups in total. The highest BCUT2D eigenvalue weighted by Crippen LogP contribution is 2.18. The molecule has 0 aromatic carbocycles. The summed E-state index contributed by atoms with van der Waals surface area (Å²) in [5.41, 5.74) is 0. The summed E-state index contributed by atoms with van der Waals surface area (Å²) in [5.74, 6) is 0.562. The second-order valence-corrected chi connectivity index (χ2v) is 4.53. The van der Waals surface area contributed by atoms with Gasteiger partial charge in [-0.3, -0.25) is 10.2 Å². The molecule has 0 aromatic rings. The molecule has 5 nitrogen and oxygen atoms in total. The van der Waals surface area contributed by atoms with Gasteiger partial charge in [0.05, 0.1) is 6.04 Å². The summed E-state index contributed by atoms with van der Waals surface area (Å²) in [6.07, 6.45) is 8.32. The van der Waals surface area contributed by atoms with Crippen LogP contribution in [0.2, 0.25) is 0 Å². The Morgan fingerprint density at radius 2 is 2.39 bits per heavy atom. The van der Waals surface area contributed by atoms with Crippen molar-refractivity contribution >= 4 is 18.5 Å². The van der Waals surface area contributed by atoms with Crippen LogP contribution in [0.4, 0.5) is 0 Å². The molecular weight excluding hydrogens is 228 g/mol. The molecule has 1 saturated heterocycles. The number of hydrogen-bond acceptors (Lipinski definition) is 3. The number of hydrogen-bond donors (Lipinski definition) is 2. The summed E-state index contributed by atoms with van der Waals surface area (Å²) in [5, 5.41) is 9.85. The highest BCUT2D eigenvalue weighted by molar-refractivity contribution is 5.83. The molecule has 1 aliphatic rings. The third kappa shape index (κ3) is 4.07. The fraction of sp³-hybridized carbons (Fsp3) is 0.615. The van der Waals surface area contributed by atoms with Gasteiger partial charge in [0, 0.05) is 19.3 Å². The number of rotatable bonds is 5. The molecular formula is C13H22N4O. The van der Waals surface area contributed by atoms with Crippen molar-refractivity contribution in [3.63, 3.8) is 0 Å². The zero-order valence-electron chi connectivity index (χ0n) is 11.1. The standard InChI is InChI=1S/C13H22N4O/c1-11-6-5-9-17(13(18)12(11)15-2)8-4-3-7-16-10-14/h3-4,7,10-12,14-15H,5-6,8-9H2,1-2H3/b4-3+,14-10?,16-7?. The van der Waals surface area contributed by atoms with E-state index >= 15 is 0 Å². The molecule has 0 radical (unpaired) electrons. The molecule has 2 unspecified atom stereocenters. The normalized spacial score (nSPS) is 25.9. The fourth-order valence-electron chi connectivity index (χ4n) is 2.25. The zero-order valence-corrected chi connectivity index (χ0v) is 11.1. The Morgan fingerprint density at radius 3 is 3.06 bits per heavy atom. The van der Waals surface area contributed by atoms with Crippen LogP contribution in [-0.4, -0.2) is 49.5 Å². The van der Waals surface area contributed by atoms with E-state index < -0.39 is 0 Å². The van der Waals surface area contributed by atoms with Gasteiger partial charge in [-0.25, -0.2) is 4.99 Å². The minimum Gasteiger partial charge on any atom is -0.338 e. The number of carbonyl (C=O) groups excluding carboxylic acids is 1. The van der Waals surface area contributed by atoms with E-state index in [1.54, 1.807) is 12.3 Å². The smallest absolute Gasteiger partial charge is 0.240 e. The second-order valence-electron chi connectivity index (χ2n) is 4.53. The van der Waals surface area contributed by atoms with Crippen LogP contribution in [0.15, 0.2) is 17.1 Å². The number of likely N-dealkylation sites (N-methyl/N-ethyl adjacent to an activating group) is 1. The number of likely N-dealkylation sites (tertiary alicyclic amines) is 1. The Labute approximate surface area is 108 Å². The molecule has 0 aliphatic carbocycles. The molecule has 1 aliphatic heterocycles. The van der Waals surface area contributed by atoms with Gasteiger partial charge < -0.3 is 10.2 Å². The molecule has 0 bridgehead atoms. The number of aliphatic imine (C=N–C) groups is 1. The number of carbonyl (C=O) groups is 1. The summed E-state index contributed by atoms with van der Waals surface area (Å²) in [6, 6.07) is -0.0730. The Kier molecular flexibility index (Phi) is 6.28. The topological polar surface area (TPSA) is 68.6 Å². The van der Waals surface area contributed by atoms with E-state index in [4.69, 9.17) is 5.41 Å². The molecule has 18 heavy (non-hydrogen) atoms. The maximum atomic E-state index is 12.3. The summed E-state index contributed by atoms with van der Waals surface area (Å²) in [7, 11) is 1.84. The number of amides is 1. The summed E-state index contributed by atoms with van der Waals surface area (Å²) >= 11 is 0. The minimum absolute atomic E-state index is 0.0730. The average molecular weight is 250 g/mol. The molecule has 1 rings (SSSR count). The summed E-state index contributed by atoms with van der Waals surface area (Å²) in [6.45, 7) is 3.54. The average Bonchev–Trinajstić information content (AvgIpc) is 2.49. The van der Waals surface area contributed by atoms with Crippen LogP contribution in [0.1, 0.15) is 19.8 Å². The van der Waals surface area contributed by atoms with Crippen molar-refractivity contribution in [1.29, 1.82) is 5.41 Å². The lowest BCUT2D eigenvalue weighted by atomic mass is 9.98. The summed E-state index contributed by atoms with van der Waals surface area (Å²) < 4.78 is 0. The Bertz CT molecular complexity index is 338. The van der Waals surface area contributed by atoms with Crippen LogP contribution >= 0.6 is 0 Å². The number of nitrogens with one attached hydrogen (secondary N) is 2. The Morgan fingerprint density at radius 1 is 1.61 bits per heavy atom. The van der Waals surface area contributed by atoms with Gasteiger partial charge in [0.2, 0.25) is 5.91 Å². The van der Waals surface area contributed by atoms with E-state index in [2.05, 4.69) is 17.2 Å². The largest absolute Gasteiger partial charge is 0.338 e. The zero-order chi connectivity index (χ0) is 13.4. The van der Waals surface area contributed by atoms with Gasteiger partial charge in [0.1, 0.15) is 6.34 Å². The van der Waals surface area contributed by atoms with E-state index in [0.717, 1.165) is 25.7 Å². The second kappa shape index (κ2) is 7.76. The molecule has 1 heterocycles. The maximum Gasteiger partial charge on any atom is 0.240 e. The first-order valence-corrected chi connectivity index (χ1v) is 6.34. The quantitative estimate of drug-likeness (QED) is 0.566. The van der Waals surface area contributed by atoms with Crippen LogP contribution in [0.3, 0.4) is 0 Å². The third-order valence-electron chi connectivity index (χ3n) is 3.25. The lowest BCUT2D eigenvalue weighted by Crippen LogP contribution is -2.46. The molecule has 0 spiro atoms. The van der Waals surface area contributed by atoms with Crippen LogP contribution in [0.25, 0.3) is 0 Å². The van der Waals surface area contributed by atoms with Gasteiger partial charge in [-0.2, -0.15) is 0 Å². The van der Waals surface area contributed by atoms with Crippen molar-refractivity contribution in [2.75, 3.05) is 20.1 Å². The highest BCUT2D eigenvalue weighted by atomic mass is 16.2. The predicted octanol–water partition coefficient (Wildman–Crippen LogP) is 1.07. The Hall–Kier alpha value is -1.49. The first kappa shape index (κ1) is 14.6. The molecule has 5 heteroatoms. The van der Waals surface area contributed by atoms with Crippen LogP contribution in [0.5, 0.6) is 0 Å². The molecule has 0 saturated carbocycles. The van der Waals surface area contributed by atoms with E-state index in [9.17, 15) is 4.79 Å². The first-order chi connectivity index (χ1) is 8.70. The van der Waals surface area contributed by atoms with Crippen molar-refractivity contribution in [2.24, 2.45) is 10.9 Å². The first-order valence-electron chi connectivity index (χ1n) is 6.34. The van der Waals surface area contributed by atoms with E-state index in [1.807, 2.05) is 18.0 Å². The molecule has 1 fully saturated rings. The van der Waals surface area contributed by atoms with Crippen LogP contribution in [0, 0.1) is 11.3 Å². The number of allylic oxidation sites excluding steroid dienone is 1. The van der Waals surface area contributed by atoms with Gasteiger partial charge in [-0.1, -0.05) is 13.0 Å². The van der Waals surface area contributed by atoms with E-state index in [0.29, 0.717) is 12.5 Å². The van der Waals surface area contributed by atoms with Crippen molar-refractivity contribution in [2.45, 2.75) is 25.8 Å². The third-order valence-corrected chi connectivity index (χ3v) is 3.25. The van der Waals surface area contributed by atoms with Crippen LogP contribution < -0.4 is 5.32 Å². The molecule has 2 atom stereocenters. The molecule has 0 aromatic heterocycles. The fourth-order valence-corrected chi connectivity index (χ4v) is 2.25. The highest BCUT2D eigenvalue weighted by Gasteiger charge is 2.29. The minimum atomic E-state index is -0.0730. The lowest BCUT2D eigenvalue weighted by molar-refractivity contribution is -0.133. The lowest BCUT2D eigenvalue weighted by Gasteiger charge is -2.25. The molecule has 100 valence electrons. The monoisotopic (exact) mass is 250 g/mol. The van der Waals surface area contributed by atoms with Gasteiger partial charge >= 0.3 is 0 Å². The van der Waals surface area contributed by atoms with Crippen molar-refractivity contribution < 1.29 is 4.79 Å². The van der Waals surface area contributed by atoms with E-state index in [-0.39, 0.29) is 11.9 Å². The van der Waals surface area contributed by atoms with Gasteiger partial charge in [0.15, 0.2) is 0 Å². The number of nitrogens with zero attached hydrogens (tertiary/aromatic N) is 2. The van der Waals surface area contributed by atoms with Gasteiger partial charge in [0.25, 0.3) is 0 Å². The molecule has 1 amide bonds. The maximum absolute atomic E-state index is 12.3. The summed E-state index contributed by atoms with van der Waals surface area (Å²) in [4.78, 5) is 17.8. The van der Waals surface area contributed by atoms with Crippen molar-refractivity contribution in [1.82, 2.24) is 10.2 Å². The van der Waals surface area contributed by atoms with Crippen LogP contribution in [-0.2, 0) is 4.79 Å².